The van der Waals surface area contributed by atoms with Gasteiger partial charge in [-0.1, -0.05) is 24.8 Å². The Morgan fingerprint density at radius 2 is 1.80 bits per heavy atom. The van der Waals surface area contributed by atoms with Gasteiger partial charge in [-0.3, -0.25) is 9.59 Å². The molecule has 6 nitrogen and oxygen atoms in total. The quantitative estimate of drug-likeness (QED) is 0.609. The van der Waals surface area contributed by atoms with E-state index in [1.165, 1.54) is 14.0 Å². The molecule has 1 atom stereocenters. The number of rotatable bonds is 5. The molecule has 1 rings (SSSR count). The molecule has 0 bridgehead atoms. The van der Waals surface area contributed by atoms with Gasteiger partial charge < -0.3 is 15.4 Å². The number of hydrogen-bond acceptors (Lipinski definition) is 4. The van der Waals surface area contributed by atoms with Crippen molar-refractivity contribution in [1.29, 1.82) is 0 Å². The Morgan fingerprint density at radius 3 is 2.35 bits per heavy atom. The summed E-state index contributed by atoms with van der Waals surface area (Å²) in [5, 5.41) is 4.78. The smallest absolute Gasteiger partial charge is 0.353 e. The summed E-state index contributed by atoms with van der Waals surface area (Å²) in [6, 6.07) is 7.68. The molecule has 0 heterocycles. The predicted octanol–water partition coefficient (Wildman–Crippen LogP) is 0.608. The van der Waals surface area contributed by atoms with Crippen molar-refractivity contribution in [3.8, 4) is 0 Å². The van der Waals surface area contributed by atoms with Crippen LogP contribution in [0.1, 0.15) is 17.3 Å². The van der Waals surface area contributed by atoms with E-state index in [1.54, 1.807) is 30.3 Å². The molecule has 106 valence electrons. The average Bonchev–Trinajstić information content (AvgIpc) is 2.46. The summed E-state index contributed by atoms with van der Waals surface area (Å²) in [6.07, 6.45) is 0. The van der Waals surface area contributed by atoms with Crippen LogP contribution in [0.15, 0.2) is 42.6 Å². The number of carbonyl (C=O) groups excluding carboxylic acids is 3. The fraction of sp³-hybridized carbons (Fsp3) is 0.214. The number of hydrogen-bond donors (Lipinski definition) is 2. The minimum atomic E-state index is -0.816. The van der Waals surface area contributed by atoms with Gasteiger partial charge in [0.1, 0.15) is 11.7 Å². The Kier molecular flexibility index (Phi) is 5.46. The van der Waals surface area contributed by atoms with Crippen LogP contribution in [0.4, 0.5) is 0 Å². The van der Waals surface area contributed by atoms with Crippen molar-refractivity contribution in [1.82, 2.24) is 10.6 Å². The Labute approximate surface area is 116 Å². The maximum atomic E-state index is 11.8. The average molecular weight is 276 g/mol. The molecule has 0 aromatic heterocycles. The zero-order valence-electron chi connectivity index (χ0n) is 11.3. The standard InChI is InChI=1S/C14H16N2O4/c1-9(12(17)16-10(2)14(19)20-3)15-13(18)11-7-5-4-6-8-11/h4-9H,2H2,1,3H3,(H,15,18)(H,16,17)/t9-/m0/s1. The van der Waals surface area contributed by atoms with E-state index in [9.17, 15) is 14.4 Å². The van der Waals surface area contributed by atoms with Crippen LogP contribution in [0, 0.1) is 0 Å². The van der Waals surface area contributed by atoms with Crippen molar-refractivity contribution in [2.24, 2.45) is 0 Å². The van der Waals surface area contributed by atoms with E-state index in [4.69, 9.17) is 0 Å². The number of ether oxygens (including phenoxy) is 1. The summed E-state index contributed by atoms with van der Waals surface area (Å²) in [4.78, 5) is 34.7. The van der Waals surface area contributed by atoms with Crippen LogP contribution in [0.2, 0.25) is 0 Å². The largest absolute Gasteiger partial charge is 0.464 e. The van der Waals surface area contributed by atoms with Crippen molar-refractivity contribution < 1.29 is 19.1 Å². The molecule has 0 saturated carbocycles. The van der Waals surface area contributed by atoms with Gasteiger partial charge in [-0.25, -0.2) is 4.79 Å². The van der Waals surface area contributed by atoms with Gasteiger partial charge in [-0.15, -0.1) is 0 Å². The summed E-state index contributed by atoms with van der Waals surface area (Å²) < 4.78 is 4.40. The topological polar surface area (TPSA) is 84.5 Å². The highest BCUT2D eigenvalue weighted by Gasteiger charge is 2.19. The molecule has 0 unspecified atom stereocenters. The van der Waals surface area contributed by atoms with Gasteiger partial charge >= 0.3 is 5.97 Å². The van der Waals surface area contributed by atoms with Crippen LogP contribution >= 0.6 is 0 Å². The fourth-order valence-corrected chi connectivity index (χ4v) is 1.37. The highest BCUT2D eigenvalue weighted by atomic mass is 16.5. The van der Waals surface area contributed by atoms with Crippen LogP contribution in [0.3, 0.4) is 0 Å². The minimum Gasteiger partial charge on any atom is -0.464 e. The van der Waals surface area contributed by atoms with E-state index in [2.05, 4.69) is 21.9 Å². The number of carbonyl (C=O) groups is 3. The van der Waals surface area contributed by atoms with Crippen molar-refractivity contribution in [3.63, 3.8) is 0 Å². The number of methoxy groups -OCH3 is 1. The van der Waals surface area contributed by atoms with Gasteiger partial charge in [-0.05, 0) is 19.1 Å². The summed E-state index contributed by atoms with van der Waals surface area (Å²) >= 11 is 0. The first kappa shape index (κ1) is 15.4. The number of esters is 1. The second-order valence-corrected chi connectivity index (χ2v) is 4.02. The molecule has 1 aromatic carbocycles. The summed E-state index contributed by atoms with van der Waals surface area (Å²) in [6.45, 7) is 4.87. The first-order valence-corrected chi connectivity index (χ1v) is 5.89. The van der Waals surface area contributed by atoms with Gasteiger partial charge in [0.05, 0.1) is 7.11 Å². The molecule has 2 N–H and O–H groups in total. The third-order valence-electron chi connectivity index (χ3n) is 2.48. The fourth-order valence-electron chi connectivity index (χ4n) is 1.37. The molecule has 6 heteroatoms. The SMILES string of the molecule is C=C(NC(=O)[C@H](C)NC(=O)c1ccccc1)C(=O)OC. The molecular formula is C14H16N2O4. The third-order valence-corrected chi connectivity index (χ3v) is 2.48. The molecule has 2 amide bonds. The van der Waals surface area contributed by atoms with Crippen LogP contribution in [-0.4, -0.2) is 30.9 Å². The van der Waals surface area contributed by atoms with Crippen molar-refractivity contribution in [2.45, 2.75) is 13.0 Å². The van der Waals surface area contributed by atoms with E-state index in [-0.39, 0.29) is 11.6 Å². The zero-order chi connectivity index (χ0) is 15.1. The lowest BCUT2D eigenvalue weighted by Crippen LogP contribution is -2.45. The van der Waals surface area contributed by atoms with E-state index >= 15 is 0 Å². The summed E-state index contributed by atoms with van der Waals surface area (Å²) in [5.74, 6) is -1.67. The van der Waals surface area contributed by atoms with Gasteiger partial charge in [0.15, 0.2) is 0 Å². The molecule has 0 aliphatic rings. The highest BCUT2D eigenvalue weighted by molar-refractivity contribution is 5.99. The number of amides is 2. The first-order valence-electron chi connectivity index (χ1n) is 5.89. The zero-order valence-corrected chi connectivity index (χ0v) is 11.3. The van der Waals surface area contributed by atoms with Crippen LogP contribution in [0.25, 0.3) is 0 Å². The van der Waals surface area contributed by atoms with E-state index in [1.807, 2.05) is 0 Å². The number of nitrogens with one attached hydrogen (secondary N) is 2. The maximum Gasteiger partial charge on any atom is 0.353 e. The lowest BCUT2D eigenvalue weighted by molar-refractivity contribution is -0.137. The molecule has 0 saturated heterocycles. The van der Waals surface area contributed by atoms with Crippen LogP contribution < -0.4 is 10.6 Å². The van der Waals surface area contributed by atoms with E-state index < -0.39 is 17.9 Å². The second-order valence-electron chi connectivity index (χ2n) is 4.02. The summed E-state index contributed by atoms with van der Waals surface area (Å²) in [7, 11) is 1.18. The van der Waals surface area contributed by atoms with E-state index in [0.29, 0.717) is 5.56 Å². The van der Waals surface area contributed by atoms with Gasteiger partial charge in [0, 0.05) is 5.56 Å². The monoisotopic (exact) mass is 276 g/mol. The van der Waals surface area contributed by atoms with Crippen molar-refractivity contribution in [3.05, 3.63) is 48.2 Å². The molecule has 0 aliphatic carbocycles. The van der Waals surface area contributed by atoms with Gasteiger partial charge in [0.25, 0.3) is 5.91 Å². The maximum absolute atomic E-state index is 11.8. The Balaban J connectivity index is 2.56. The lowest BCUT2D eigenvalue weighted by Gasteiger charge is -2.14. The van der Waals surface area contributed by atoms with E-state index in [0.717, 1.165) is 0 Å². The van der Waals surface area contributed by atoms with Gasteiger partial charge in [0.2, 0.25) is 5.91 Å². The van der Waals surface area contributed by atoms with Gasteiger partial charge in [-0.2, -0.15) is 0 Å². The molecule has 1 aromatic rings. The lowest BCUT2D eigenvalue weighted by atomic mass is 10.2. The molecular weight excluding hydrogens is 260 g/mol. The predicted molar refractivity (Wildman–Crippen MR) is 72.7 cm³/mol. The second kappa shape index (κ2) is 7.08. The summed E-state index contributed by atoms with van der Waals surface area (Å²) in [5.41, 5.74) is 0.261. The van der Waals surface area contributed by atoms with Crippen molar-refractivity contribution >= 4 is 17.8 Å². The first-order chi connectivity index (χ1) is 9.45. The Bertz CT molecular complexity index is 525. The Hall–Kier alpha value is -2.63. The molecule has 0 radical (unpaired) electrons. The normalized spacial score (nSPS) is 11.1. The Morgan fingerprint density at radius 1 is 1.20 bits per heavy atom. The molecule has 0 spiro atoms. The minimum absolute atomic E-state index is 0.182. The highest BCUT2D eigenvalue weighted by Crippen LogP contribution is 1.99. The molecule has 20 heavy (non-hydrogen) atoms. The molecule has 0 aliphatic heterocycles. The van der Waals surface area contributed by atoms with Crippen LogP contribution in [0.5, 0.6) is 0 Å². The van der Waals surface area contributed by atoms with Crippen LogP contribution in [-0.2, 0) is 14.3 Å². The molecule has 0 fully saturated rings. The number of benzene rings is 1. The third kappa shape index (κ3) is 4.24. The van der Waals surface area contributed by atoms with Crippen molar-refractivity contribution in [2.75, 3.05) is 7.11 Å².